The maximum atomic E-state index is 13.0. The summed E-state index contributed by atoms with van der Waals surface area (Å²) in [4.78, 5) is 14.4. The quantitative estimate of drug-likeness (QED) is 0.739. The van der Waals surface area contributed by atoms with Crippen molar-refractivity contribution in [3.05, 3.63) is 29.8 Å². The second-order valence-corrected chi connectivity index (χ2v) is 2.39. The van der Waals surface area contributed by atoms with Crippen LogP contribution in [0.15, 0.2) is 18.3 Å². The summed E-state index contributed by atoms with van der Waals surface area (Å²) in [6.45, 7) is 0. The minimum atomic E-state index is -1.12. The van der Waals surface area contributed by atoms with Crippen molar-refractivity contribution in [2.45, 2.75) is 6.10 Å². The van der Waals surface area contributed by atoms with E-state index in [2.05, 4.69) is 4.98 Å². The predicted molar refractivity (Wildman–Crippen MR) is 43.1 cm³/mol. The zero-order valence-electron chi connectivity index (χ0n) is 7.03. The van der Waals surface area contributed by atoms with Gasteiger partial charge in [-0.25, -0.2) is 4.39 Å². The zero-order chi connectivity index (χ0) is 9.84. The normalized spacial score (nSPS) is 12.5. The maximum Gasteiger partial charge on any atom is 0.252 e. The standard InChI is InChI=1S/C8H9FN2O2/c1-13-7(8(10)12)6-5(9)3-2-4-11-6/h2-4,7H,1H3,(H2,10,12). The highest BCUT2D eigenvalue weighted by Crippen LogP contribution is 2.16. The number of nitrogens with zero attached hydrogens (tertiary/aromatic N) is 1. The van der Waals surface area contributed by atoms with E-state index >= 15 is 0 Å². The largest absolute Gasteiger partial charge is 0.367 e. The summed E-state index contributed by atoms with van der Waals surface area (Å²) in [6, 6.07) is 2.61. The molecule has 0 radical (unpaired) electrons. The first-order valence-corrected chi connectivity index (χ1v) is 3.59. The van der Waals surface area contributed by atoms with Gasteiger partial charge >= 0.3 is 0 Å². The lowest BCUT2D eigenvalue weighted by molar-refractivity contribution is -0.128. The molecule has 0 saturated carbocycles. The smallest absolute Gasteiger partial charge is 0.252 e. The zero-order valence-corrected chi connectivity index (χ0v) is 7.03. The highest BCUT2D eigenvalue weighted by atomic mass is 19.1. The molecule has 1 aromatic heterocycles. The van der Waals surface area contributed by atoms with Crippen molar-refractivity contribution in [2.24, 2.45) is 5.73 Å². The van der Waals surface area contributed by atoms with E-state index in [-0.39, 0.29) is 5.69 Å². The summed E-state index contributed by atoms with van der Waals surface area (Å²) in [5, 5.41) is 0. The van der Waals surface area contributed by atoms with Crippen molar-refractivity contribution in [1.29, 1.82) is 0 Å². The van der Waals surface area contributed by atoms with Crippen LogP contribution in [-0.4, -0.2) is 18.0 Å². The molecule has 0 aliphatic heterocycles. The van der Waals surface area contributed by atoms with Gasteiger partial charge in [-0.05, 0) is 12.1 Å². The molecule has 4 nitrogen and oxygen atoms in total. The lowest BCUT2D eigenvalue weighted by Gasteiger charge is -2.10. The number of nitrogens with two attached hydrogens (primary N) is 1. The molecule has 1 aromatic rings. The molecule has 0 spiro atoms. The van der Waals surface area contributed by atoms with Gasteiger partial charge in [-0.3, -0.25) is 9.78 Å². The summed E-state index contributed by atoms with van der Waals surface area (Å²) in [7, 11) is 1.27. The van der Waals surface area contributed by atoms with Crippen LogP contribution in [0.3, 0.4) is 0 Å². The number of hydrogen-bond acceptors (Lipinski definition) is 3. The summed E-state index contributed by atoms with van der Waals surface area (Å²) >= 11 is 0. The number of hydrogen-bond donors (Lipinski definition) is 1. The van der Waals surface area contributed by atoms with Gasteiger partial charge in [0.2, 0.25) is 0 Å². The summed E-state index contributed by atoms with van der Waals surface area (Å²) in [6.07, 6.45) is 0.245. The number of carbonyl (C=O) groups is 1. The van der Waals surface area contributed by atoms with Gasteiger partial charge in [0.25, 0.3) is 5.91 Å². The van der Waals surface area contributed by atoms with E-state index in [1.165, 1.54) is 25.4 Å². The molecule has 1 rings (SSSR count). The van der Waals surface area contributed by atoms with Gasteiger partial charge in [-0.2, -0.15) is 0 Å². The molecule has 13 heavy (non-hydrogen) atoms. The van der Waals surface area contributed by atoms with E-state index in [1.54, 1.807) is 0 Å². The number of carbonyl (C=O) groups excluding carboxylic acids is 1. The summed E-state index contributed by atoms with van der Waals surface area (Å²) in [5.41, 5.74) is 4.89. The molecule has 5 heteroatoms. The summed E-state index contributed by atoms with van der Waals surface area (Å²) < 4.78 is 17.7. The lowest BCUT2D eigenvalue weighted by Crippen LogP contribution is -2.24. The maximum absolute atomic E-state index is 13.0. The summed E-state index contributed by atoms with van der Waals surface area (Å²) in [5.74, 6) is -1.37. The third kappa shape index (κ3) is 2.00. The molecule has 70 valence electrons. The van der Waals surface area contributed by atoms with Gasteiger partial charge in [-0.15, -0.1) is 0 Å². The number of methoxy groups -OCH3 is 1. The van der Waals surface area contributed by atoms with Gasteiger partial charge in [0, 0.05) is 13.3 Å². The Labute approximate surface area is 74.5 Å². The van der Waals surface area contributed by atoms with Gasteiger partial charge < -0.3 is 10.5 Å². The van der Waals surface area contributed by atoms with Crippen LogP contribution in [0.2, 0.25) is 0 Å². The molecule has 0 bridgehead atoms. The predicted octanol–water partition coefficient (Wildman–Crippen LogP) is 0.393. The molecule has 2 N–H and O–H groups in total. The van der Waals surface area contributed by atoms with Crippen LogP contribution in [0, 0.1) is 5.82 Å². The van der Waals surface area contributed by atoms with Gasteiger partial charge in [0.1, 0.15) is 11.5 Å². The minimum absolute atomic E-state index is 0.0856. The third-order valence-electron chi connectivity index (χ3n) is 1.53. The third-order valence-corrected chi connectivity index (χ3v) is 1.53. The van der Waals surface area contributed by atoms with Gasteiger partial charge in [0.05, 0.1) is 0 Å². The molecule has 1 atom stereocenters. The molecule has 1 unspecified atom stereocenters. The minimum Gasteiger partial charge on any atom is -0.367 e. The average Bonchev–Trinajstić information content (AvgIpc) is 2.09. The number of halogens is 1. The number of aromatic nitrogens is 1. The SMILES string of the molecule is COC(C(N)=O)c1ncccc1F. The molecule has 0 aromatic carbocycles. The number of amides is 1. The molecule has 0 aliphatic carbocycles. The fourth-order valence-electron chi connectivity index (χ4n) is 0.953. The topological polar surface area (TPSA) is 65.2 Å². The van der Waals surface area contributed by atoms with Crippen LogP contribution in [-0.2, 0) is 9.53 Å². The molecule has 0 aliphatic rings. The molecular formula is C8H9FN2O2. The molecule has 1 amide bonds. The van der Waals surface area contributed by atoms with Gasteiger partial charge in [0.15, 0.2) is 6.10 Å². The van der Waals surface area contributed by atoms with Crippen LogP contribution in [0.1, 0.15) is 11.8 Å². The second-order valence-electron chi connectivity index (χ2n) is 2.39. The highest BCUT2D eigenvalue weighted by molar-refractivity contribution is 5.79. The molecule has 1 heterocycles. The number of ether oxygens (including phenoxy) is 1. The molecular weight excluding hydrogens is 175 g/mol. The lowest BCUT2D eigenvalue weighted by atomic mass is 10.2. The Balaban J connectivity index is 3.04. The Bertz CT molecular complexity index is 317. The number of primary amides is 1. The fourth-order valence-corrected chi connectivity index (χ4v) is 0.953. The van der Waals surface area contributed by atoms with E-state index in [0.717, 1.165) is 0 Å². The van der Waals surface area contributed by atoms with Crippen LogP contribution >= 0.6 is 0 Å². The number of rotatable bonds is 3. The van der Waals surface area contributed by atoms with Crippen molar-refractivity contribution >= 4 is 5.91 Å². The Morgan fingerprint density at radius 2 is 2.46 bits per heavy atom. The first-order valence-electron chi connectivity index (χ1n) is 3.59. The van der Waals surface area contributed by atoms with Crippen molar-refractivity contribution in [1.82, 2.24) is 4.98 Å². The van der Waals surface area contributed by atoms with E-state index in [0.29, 0.717) is 0 Å². The van der Waals surface area contributed by atoms with E-state index < -0.39 is 17.8 Å². The van der Waals surface area contributed by atoms with Crippen LogP contribution in [0.4, 0.5) is 4.39 Å². The van der Waals surface area contributed by atoms with Crippen LogP contribution < -0.4 is 5.73 Å². The van der Waals surface area contributed by atoms with Crippen molar-refractivity contribution in [3.8, 4) is 0 Å². The van der Waals surface area contributed by atoms with Gasteiger partial charge in [-0.1, -0.05) is 0 Å². The Morgan fingerprint density at radius 1 is 1.77 bits per heavy atom. The second kappa shape index (κ2) is 3.95. The monoisotopic (exact) mass is 184 g/mol. The molecule has 0 saturated heterocycles. The highest BCUT2D eigenvalue weighted by Gasteiger charge is 2.21. The Hall–Kier alpha value is -1.49. The van der Waals surface area contributed by atoms with Crippen LogP contribution in [0.5, 0.6) is 0 Å². The Morgan fingerprint density at radius 3 is 2.92 bits per heavy atom. The van der Waals surface area contributed by atoms with E-state index in [1.807, 2.05) is 0 Å². The molecule has 0 fully saturated rings. The van der Waals surface area contributed by atoms with E-state index in [9.17, 15) is 9.18 Å². The first kappa shape index (κ1) is 9.60. The number of pyridine rings is 1. The Kier molecular flexibility index (Phi) is 2.92. The van der Waals surface area contributed by atoms with Crippen molar-refractivity contribution < 1.29 is 13.9 Å². The first-order chi connectivity index (χ1) is 6.16. The van der Waals surface area contributed by atoms with E-state index in [4.69, 9.17) is 10.5 Å². The van der Waals surface area contributed by atoms with Crippen LogP contribution in [0.25, 0.3) is 0 Å². The van der Waals surface area contributed by atoms with Crippen molar-refractivity contribution in [2.75, 3.05) is 7.11 Å². The average molecular weight is 184 g/mol. The fraction of sp³-hybridized carbons (Fsp3) is 0.250. The van der Waals surface area contributed by atoms with Crippen molar-refractivity contribution in [3.63, 3.8) is 0 Å².